The maximum atomic E-state index is 12.5. The molecule has 0 spiro atoms. The molecule has 1 aliphatic carbocycles. The Morgan fingerprint density at radius 3 is 2.48 bits per heavy atom. The molecule has 5 heteroatoms. The normalized spacial score (nSPS) is 13.0. The summed E-state index contributed by atoms with van der Waals surface area (Å²) in [5.41, 5.74) is 3.70. The van der Waals surface area contributed by atoms with E-state index in [1.54, 1.807) is 25.3 Å². The van der Waals surface area contributed by atoms with Crippen molar-refractivity contribution in [2.75, 3.05) is 12.4 Å². The molecule has 3 rings (SSSR count). The summed E-state index contributed by atoms with van der Waals surface area (Å²) in [6.45, 7) is 0. The van der Waals surface area contributed by atoms with E-state index in [9.17, 15) is 14.4 Å². The molecule has 0 fully saturated rings. The first-order chi connectivity index (χ1) is 12.0. The molecule has 0 bridgehead atoms. The quantitative estimate of drug-likeness (QED) is 0.821. The van der Waals surface area contributed by atoms with Crippen LogP contribution in [0.2, 0.25) is 0 Å². The van der Waals surface area contributed by atoms with Crippen molar-refractivity contribution >= 4 is 29.3 Å². The molecular weight excluding hydrogens is 318 g/mol. The summed E-state index contributed by atoms with van der Waals surface area (Å²) in [4.78, 5) is 35.8. The Kier molecular flexibility index (Phi) is 4.48. The summed E-state index contributed by atoms with van der Waals surface area (Å²) in [7, 11) is 1.80. The van der Waals surface area contributed by atoms with Crippen LogP contribution in [-0.2, 0) is 22.4 Å². The number of carbonyl (C=O) groups is 3. The molecule has 25 heavy (non-hydrogen) atoms. The minimum absolute atomic E-state index is 0.0680. The zero-order valence-electron chi connectivity index (χ0n) is 13.7. The molecular formula is C20H17NO4. The number of carboxylic acids is 1. The van der Waals surface area contributed by atoms with Gasteiger partial charge >= 0.3 is 5.97 Å². The Morgan fingerprint density at radius 2 is 1.84 bits per heavy atom. The minimum atomic E-state index is -1.01. The van der Waals surface area contributed by atoms with Crippen LogP contribution in [0.25, 0.3) is 6.08 Å². The Hall–Kier alpha value is -3.21. The predicted octanol–water partition coefficient (Wildman–Crippen LogP) is 2.75. The van der Waals surface area contributed by atoms with E-state index in [4.69, 9.17) is 5.11 Å². The smallest absolute Gasteiger partial charge is 0.335 e. The molecule has 0 saturated carbocycles. The number of hydrogen-bond donors (Lipinski definition) is 2. The average molecular weight is 335 g/mol. The van der Waals surface area contributed by atoms with Gasteiger partial charge in [-0.05, 0) is 41.0 Å². The van der Waals surface area contributed by atoms with Crippen molar-refractivity contribution in [3.63, 3.8) is 0 Å². The number of nitrogens with one attached hydrogen (secondary N) is 1. The van der Waals surface area contributed by atoms with Gasteiger partial charge in [-0.15, -0.1) is 0 Å². The zero-order chi connectivity index (χ0) is 18.0. The Labute approximate surface area is 145 Å². The molecule has 0 heterocycles. The molecule has 1 aliphatic rings. The fourth-order valence-electron chi connectivity index (χ4n) is 2.94. The van der Waals surface area contributed by atoms with Gasteiger partial charge in [-0.2, -0.15) is 0 Å². The van der Waals surface area contributed by atoms with Crippen LogP contribution in [0.4, 0.5) is 5.69 Å². The van der Waals surface area contributed by atoms with Crippen molar-refractivity contribution in [1.82, 2.24) is 0 Å². The third-order valence-electron chi connectivity index (χ3n) is 4.29. The van der Waals surface area contributed by atoms with Crippen molar-refractivity contribution in [1.29, 1.82) is 0 Å². The third kappa shape index (κ3) is 3.35. The second kappa shape index (κ2) is 6.73. The lowest BCUT2D eigenvalue weighted by molar-refractivity contribution is -0.120. The van der Waals surface area contributed by atoms with Gasteiger partial charge in [0.1, 0.15) is 0 Å². The van der Waals surface area contributed by atoms with E-state index < -0.39 is 5.97 Å². The van der Waals surface area contributed by atoms with Gasteiger partial charge in [-0.1, -0.05) is 24.3 Å². The summed E-state index contributed by atoms with van der Waals surface area (Å²) in [5, 5.41) is 12.0. The number of allylic oxidation sites excluding steroid dienone is 1. The molecule has 2 N–H and O–H groups in total. The molecule has 0 aliphatic heterocycles. The standard InChI is InChI=1S/C20H17NO4/c1-21-17-4-2-3-14-10-16(19(23)11-15(14)17)18(22)9-12-5-7-13(8-6-12)20(24)25/h2-8,10,21H,9,11H2,1H3,(H,24,25). The SMILES string of the molecule is CNc1cccc2c1CC(=O)C(C(=O)Cc1ccc(C(=O)O)cc1)=C2. The van der Waals surface area contributed by atoms with Gasteiger partial charge in [0, 0.05) is 25.6 Å². The maximum absolute atomic E-state index is 12.5. The molecule has 2 aromatic carbocycles. The first-order valence-electron chi connectivity index (χ1n) is 7.89. The molecule has 0 amide bonds. The van der Waals surface area contributed by atoms with Crippen LogP contribution >= 0.6 is 0 Å². The lowest BCUT2D eigenvalue weighted by atomic mass is 9.86. The van der Waals surface area contributed by atoms with E-state index >= 15 is 0 Å². The van der Waals surface area contributed by atoms with Crippen molar-refractivity contribution in [2.45, 2.75) is 12.8 Å². The topological polar surface area (TPSA) is 83.5 Å². The number of aromatic carboxylic acids is 1. The molecule has 2 aromatic rings. The van der Waals surface area contributed by atoms with Gasteiger partial charge in [0.15, 0.2) is 11.6 Å². The number of benzene rings is 2. The van der Waals surface area contributed by atoms with Crippen LogP contribution in [0.3, 0.4) is 0 Å². The number of rotatable bonds is 5. The third-order valence-corrected chi connectivity index (χ3v) is 4.29. The van der Waals surface area contributed by atoms with Gasteiger partial charge in [0.25, 0.3) is 0 Å². The number of anilines is 1. The van der Waals surface area contributed by atoms with E-state index in [2.05, 4.69) is 5.32 Å². The summed E-state index contributed by atoms with van der Waals surface area (Å²) in [6.07, 6.45) is 1.91. The Bertz CT molecular complexity index is 894. The number of fused-ring (bicyclic) bond motifs is 1. The van der Waals surface area contributed by atoms with Gasteiger partial charge < -0.3 is 10.4 Å². The van der Waals surface area contributed by atoms with E-state index in [1.165, 1.54) is 12.1 Å². The first-order valence-corrected chi connectivity index (χ1v) is 7.89. The minimum Gasteiger partial charge on any atom is -0.478 e. The molecule has 0 unspecified atom stereocenters. The van der Waals surface area contributed by atoms with Crippen molar-refractivity contribution in [2.24, 2.45) is 0 Å². The number of hydrogen-bond acceptors (Lipinski definition) is 4. The highest BCUT2D eigenvalue weighted by Crippen LogP contribution is 2.28. The number of carboxylic acid groups (broad SMARTS) is 1. The summed E-state index contributed by atoms with van der Waals surface area (Å²) in [6, 6.07) is 11.8. The number of Topliss-reactive ketones (excluding diaryl/α,β-unsaturated/α-hetero) is 2. The van der Waals surface area contributed by atoms with Crippen molar-refractivity contribution in [3.8, 4) is 0 Å². The fourth-order valence-corrected chi connectivity index (χ4v) is 2.94. The van der Waals surface area contributed by atoms with Crippen LogP contribution in [0.15, 0.2) is 48.0 Å². The highest BCUT2D eigenvalue weighted by atomic mass is 16.4. The molecule has 5 nitrogen and oxygen atoms in total. The van der Waals surface area contributed by atoms with Crippen LogP contribution in [0.5, 0.6) is 0 Å². The first kappa shape index (κ1) is 16.6. The molecule has 0 aromatic heterocycles. The second-order valence-electron chi connectivity index (χ2n) is 5.88. The van der Waals surface area contributed by atoms with Gasteiger partial charge in [-0.25, -0.2) is 4.79 Å². The monoisotopic (exact) mass is 335 g/mol. The van der Waals surface area contributed by atoms with Crippen molar-refractivity contribution in [3.05, 3.63) is 70.3 Å². The summed E-state index contributed by atoms with van der Waals surface area (Å²) >= 11 is 0. The van der Waals surface area contributed by atoms with Crippen molar-refractivity contribution < 1.29 is 19.5 Å². The number of ketones is 2. The largest absolute Gasteiger partial charge is 0.478 e. The average Bonchev–Trinajstić information content (AvgIpc) is 2.61. The Balaban J connectivity index is 1.85. The fraction of sp³-hybridized carbons (Fsp3) is 0.150. The summed E-state index contributed by atoms with van der Waals surface area (Å²) in [5.74, 6) is -1.46. The van der Waals surface area contributed by atoms with Crippen LogP contribution in [-0.4, -0.2) is 29.7 Å². The van der Waals surface area contributed by atoms with Crippen LogP contribution < -0.4 is 5.32 Å². The lowest BCUT2D eigenvalue weighted by Crippen LogP contribution is -2.21. The lowest BCUT2D eigenvalue weighted by Gasteiger charge is -2.18. The van der Waals surface area contributed by atoms with Crippen LogP contribution in [0.1, 0.15) is 27.0 Å². The van der Waals surface area contributed by atoms with Crippen LogP contribution in [0, 0.1) is 0 Å². The second-order valence-corrected chi connectivity index (χ2v) is 5.88. The zero-order valence-corrected chi connectivity index (χ0v) is 13.7. The highest BCUT2D eigenvalue weighted by Gasteiger charge is 2.25. The number of carbonyl (C=O) groups excluding carboxylic acids is 2. The van der Waals surface area contributed by atoms with E-state index in [0.717, 1.165) is 16.8 Å². The van der Waals surface area contributed by atoms with Gasteiger partial charge in [0.05, 0.1) is 11.1 Å². The van der Waals surface area contributed by atoms with Gasteiger partial charge in [0.2, 0.25) is 0 Å². The predicted molar refractivity (Wildman–Crippen MR) is 94.8 cm³/mol. The van der Waals surface area contributed by atoms with E-state index in [1.807, 2.05) is 18.2 Å². The Morgan fingerprint density at radius 1 is 1.12 bits per heavy atom. The molecule has 0 atom stereocenters. The summed E-state index contributed by atoms with van der Waals surface area (Å²) < 4.78 is 0. The molecule has 0 saturated heterocycles. The molecule has 126 valence electrons. The van der Waals surface area contributed by atoms with E-state index in [0.29, 0.717) is 5.56 Å². The van der Waals surface area contributed by atoms with Gasteiger partial charge in [-0.3, -0.25) is 9.59 Å². The maximum Gasteiger partial charge on any atom is 0.335 e. The molecule has 0 radical (unpaired) electrons. The van der Waals surface area contributed by atoms with E-state index in [-0.39, 0.29) is 35.5 Å². The highest BCUT2D eigenvalue weighted by molar-refractivity contribution is 6.25.